The van der Waals surface area contributed by atoms with Gasteiger partial charge in [-0.3, -0.25) is 4.79 Å². The Morgan fingerprint density at radius 1 is 1.00 bits per heavy atom. The molecule has 1 aliphatic carbocycles. The second-order valence-corrected chi connectivity index (χ2v) is 6.51. The molecule has 0 atom stereocenters. The Morgan fingerprint density at radius 2 is 1.70 bits per heavy atom. The van der Waals surface area contributed by atoms with Crippen molar-refractivity contribution in [3.8, 4) is 0 Å². The average molecular weight is 369 g/mol. The van der Waals surface area contributed by atoms with Crippen molar-refractivity contribution in [2.24, 2.45) is 0 Å². The van der Waals surface area contributed by atoms with E-state index in [4.69, 9.17) is 0 Å². The SMILES string of the molecule is O=C(C1=C(O)/C(=C/c2ccc(Br)cc2)CCC1)c1ccccc1. The molecule has 0 saturated heterocycles. The zero-order valence-corrected chi connectivity index (χ0v) is 14.2. The third-order valence-electron chi connectivity index (χ3n) is 3.98. The monoisotopic (exact) mass is 368 g/mol. The van der Waals surface area contributed by atoms with Crippen molar-refractivity contribution in [2.75, 3.05) is 0 Å². The highest BCUT2D eigenvalue weighted by Gasteiger charge is 2.23. The maximum atomic E-state index is 12.6. The normalized spacial score (nSPS) is 16.7. The molecule has 0 aromatic heterocycles. The molecule has 0 fully saturated rings. The first kappa shape index (κ1) is 15.8. The molecule has 0 bridgehead atoms. The highest BCUT2D eigenvalue weighted by Crippen LogP contribution is 2.31. The highest BCUT2D eigenvalue weighted by molar-refractivity contribution is 9.10. The van der Waals surface area contributed by atoms with Crippen LogP contribution in [0.5, 0.6) is 0 Å². The number of carbonyl (C=O) groups is 1. The van der Waals surface area contributed by atoms with Crippen LogP contribution in [0, 0.1) is 0 Å². The van der Waals surface area contributed by atoms with Crippen LogP contribution in [0.3, 0.4) is 0 Å². The third kappa shape index (κ3) is 3.62. The molecule has 0 amide bonds. The number of ketones is 1. The number of benzene rings is 2. The molecule has 0 radical (unpaired) electrons. The topological polar surface area (TPSA) is 37.3 Å². The van der Waals surface area contributed by atoms with Gasteiger partial charge >= 0.3 is 0 Å². The number of hydrogen-bond donors (Lipinski definition) is 1. The number of carbonyl (C=O) groups excluding carboxylic acids is 1. The predicted molar refractivity (Wildman–Crippen MR) is 96.4 cm³/mol. The smallest absolute Gasteiger partial charge is 0.192 e. The summed E-state index contributed by atoms with van der Waals surface area (Å²) in [5, 5.41) is 10.6. The van der Waals surface area contributed by atoms with Crippen molar-refractivity contribution < 1.29 is 9.90 Å². The maximum Gasteiger partial charge on any atom is 0.192 e. The molecule has 1 N–H and O–H groups in total. The summed E-state index contributed by atoms with van der Waals surface area (Å²) < 4.78 is 1.02. The molecule has 3 rings (SSSR count). The van der Waals surface area contributed by atoms with Crippen molar-refractivity contribution in [1.82, 2.24) is 0 Å². The molecule has 2 nitrogen and oxygen atoms in total. The lowest BCUT2D eigenvalue weighted by molar-refractivity contribution is 0.102. The van der Waals surface area contributed by atoms with Crippen LogP contribution in [0.15, 0.2) is 76.0 Å². The van der Waals surface area contributed by atoms with E-state index in [-0.39, 0.29) is 11.5 Å². The van der Waals surface area contributed by atoms with Gasteiger partial charge in [0, 0.05) is 15.6 Å². The van der Waals surface area contributed by atoms with Crippen LogP contribution < -0.4 is 0 Å². The number of aliphatic hydroxyl groups is 1. The van der Waals surface area contributed by atoms with Gasteiger partial charge in [0.15, 0.2) is 5.78 Å². The van der Waals surface area contributed by atoms with Crippen molar-refractivity contribution >= 4 is 27.8 Å². The highest BCUT2D eigenvalue weighted by atomic mass is 79.9. The van der Waals surface area contributed by atoms with Crippen LogP contribution in [0.2, 0.25) is 0 Å². The largest absolute Gasteiger partial charge is 0.507 e. The lowest BCUT2D eigenvalue weighted by Crippen LogP contribution is -2.12. The Morgan fingerprint density at radius 3 is 2.39 bits per heavy atom. The van der Waals surface area contributed by atoms with Crippen LogP contribution in [0.1, 0.15) is 35.2 Å². The fraction of sp³-hybridized carbons (Fsp3) is 0.150. The van der Waals surface area contributed by atoms with Crippen LogP contribution >= 0.6 is 15.9 Å². The second kappa shape index (κ2) is 6.97. The summed E-state index contributed by atoms with van der Waals surface area (Å²) in [7, 11) is 0. The minimum Gasteiger partial charge on any atom is -0.507 e. The molecule has 0 heterocycles. The first-order chi connectivity index (χ1) is 11.1. The van der Waals surface area contributed by atoms with Gasteiger partial charge in [0.1, 0.15) is 5.76 Å². The zero-order chi connectivity index (χ0) is 16.2. The first-order valence-electron chi connectivity index (χ1n) is 7.63. The molecule has 116 valence electrons. The number of aliphatic hydroxyl groups excluding tert-OH is 1. The molecule has 0 aliphatic heterocycles. The predicted octanol–water partition coefficient (Wildman–Crippen LogP) is 5.71. The Kier molecular flexibility index (Phi) is 4.77. The zero-order valence-electron chi connectivity index (χ0n) is 12.6. The van der Waals surface area contributed by atoms with Gasteiger partial charge in [0.2, 0.25) is 0 Å². The van der Waals surface area contributed by atoms with Gasteiger partial charge in [0.05, 0.1) is 0 Å². The van der Waals surface area contributed by atoms with Gasteiger partial charge in [0.25, 0.3) is 0 Å². The lowest BCUT2D eigenvalue weighted by Gasteiger charge is -2.18. The van der Waals surface area contributed by atoms with E-state index in [1.807, 2.05) is 48.5 Å². The summed E-state index contributed by atoms with van der Waals surface area (Å²) in [6, 6.07) is 17.0. The number of rotatable bonds is 3. The molecule has 0 spiro atoms. The van der Waals surface area contributed by atoms with Crippen LogP contribution in [-0.2, 0) is 0 Å². The summed E-state index contributed by atoms with van der Waals surface area (Å²) in [6.45, 7) is 0. The van der Waals surface area contributed by atoms with Gasteiger partial charge in [-0.2, -0.15) is 0 Å². The van der Waals surface area contributed by atoms with Crippen LogP contribution in [0.4, 0.5) is 0 Å². The van der Waals surface area contributed by atoms with Gasteiger partial charge in [-0.05, 0) is 48.6 Å². The van der Waals surface area contributed by atoms with Crippen molar-refractivity contribution in [3.63, 3.8) is 0 Å². The molecule has 23 heavy (non-hydrogen) atoms. The molecule has 3 heteroatoms. The average Bonchev–Trinajstić information content (AvgIpc) is 2.59. The number of Topliss-reactive ketones (excluding diaryl/α,β-unsaturated/α-hetero) is 1. The van der Waals surface area contributed by atoms with Crippen molar-refractivity contribution in [2.45, 2.75) is 19.3 Å². The molecular formula is C20H17BrO2. The molecule has 2 aromatic rings. The summed E-state index contributed by atoms with van der Waals surface area (Å²) >= 11 is 3.41. The number of hydrogen-bond acceptors (Lipinski definition) is 2. The van der Waals surface area contributed by atoms with E-state index in [0.29, 0.717) is 17.6 Å². The van der Waals surface area contributed by atoms with E-state index >= 15 is 0 Å². The Labute approximate surface area is 144 Å². The summed E-state index contributed by atoms with van der Waals surface area (Å²) in [4.78, 5) is 12.6. The standard InChI is InChI=1S/C20H17BrO2/c21-17-11-9-14(10-12-17)13-16-7-4-8-18(20(16)23)19(22)15-5-2-1-3-6-15/h1-3,5-6,9-13,23H,4,7-8H2/b16-13+. The Balaban J connectivity index is 1.94. The fourth-order valence-corrected chi connectivity index (χ4v) is 3.04. The Bertz CT molecular complexity index is 771. The van der Waals surface area contributed by atoms with E-state index in [1.54, 1.807) is 12.1 Å². The van der Waals surface area contributed by atoms with Crippen molar-refractivity contribution in [3.05, 3.63) is 87.1 Å². The maximum absolute atomic E-state index is 12.6. The molecular weight excluding hydrogens is 352 g/mol. The fourth-order valence-electron chi connectivity index (χ4n) is 2.77. The lowest BCUT2D eigenvalue weighted by atomic mass is 9.88. The quantitative estimate of drug-likeness (QED) is 0.704. The molecule has 0 saturated carbocycles. The van der Waals surface area contributed by atoms with Crippen LogP contribution in [-0.4, -0.2) is 10.9 Å². The molecule has 1 aliphatic rings. The first-order valence-corrected chi connectivity index (χ1v) is 8.43. The summed E-state index contributed by atoms with van der Waals surface area (Å²) in [6.07, 6.45) is 4.24. The minimum atomic E-state index is -0.0792. The second-order valence-electron chi connectivity index (χ2n) is 5.60. The molecule has 0 unspecified atom stereocenters. The molecule has 2 aromatic carbocycles. The number of allylic oxidation sites excluding steroid dienone is 2. The van der Waals surface area contributed by atoms with Gasteiger partial charge in [-0.25, -0.2) is 0 Å². The van der Waals surface area contributed by atoms with E-state index in [0.717, 1.165) is 28.5 Å². The number of halogens is 1. The van der Waals surface area contributed by atoms with E-state index in [9.17, 15) is 9.90 Å². The third-order valence-corrected chi connectivity index (χ3v) is 4.51. The van der Waals surface area contributed by atoms with E-state index < -0.39 is 0 Å². The van der Waals surface area contributed by atoms with Crippen LogP contribution in [0.25, 0.3) is 6.08 Å². The van der Waals surface area contributed by atoms with Gasteiger partial charge in [-0.15, -0.1) is 0 Å². The van der Waals surface area contributed by atoms with Gasteiger partial charge in [-0.1, -0.05) is 58.4 Å². The van der Waals surface area contributed by atoms with Gasteiger partial charge < -0.3 is 5.11 Å². The van der Waals surface area contributed by atoms with Crippen molar-refractivity contribution in [1.29, 1.82) is 0 Å². The summed E-state index contributed by atoms with van der Waals surface area (Å²) in [5.74, 6) is 0.0672. The minimum absolute atomic E-state index is 0.0792. The summed E-state index contributed by atoms with van der Waals surface area (Å²) in [5.41, 5.74) is 2.99. The van der Waals surface area contributed by atoms with E-state index in [1.165, 1.54) is 0 Å². The Hall–Kier alpha value is -2.13. The van der Waals surface area contributed by atoms with E-state index in [2.05, 4.69) is 15.9 Å².